The summed E-state index contributed by atoms with van der Waals surface area (Å²) in [6.07, 6.45) is 0. The second kappa shape index (κ2) is 9.12. The first-order valence-electron chi connectivity index (χ1n) is 9.27. The largest absolute Gasteiger partial charge is 0.378 e. The molecule has 0 atom stereocenters. The van der Waals surface area contributed by atoms with E-state index in [0.29, 0.717) is 39.4 Å². The summed E-state index contributed by atoms with van der Waals surface area (Å²) in [4.78, 5) is 30.8. The molecule has 7 nitrogen and oxygen atoms in total. The second-order valence-corrected chi connectivity index (χ2v) is 6.91. The summed E-state index contributed by atoms with van der Waals surface area (Å²) in [5.74, 6) is 0.191. The molecule has 3 rings (SSSR count). The highest BCUT2D eigenvalue weighted by atomic mass is 16.5. The highest BCUT2D eigenvalue weighted by Gasteiger charge is 2.23. The average Bonchev–Trinajstić information content (AvgIpc) is 2.66. The summed E-state index contributed by atoms with van der Waals surface area (Å²) in [6, 6.07) is 7.79. The van der Waals surface area contributed by atoms with Crippen molar-refractivity contribution in [2.24, 2.45) is 0 Å². The molecule has 2 amide bonds. The van der Waals surface area contributed by atoms with Crippen LogP contribution in [0.3, 0.4) is 0 Å². The fourth-order valence-corrected chi connectivity index (χ4v) is 3.32. The maximum Gasteiger partial charge on any atom is 0.238 e. The van der Waals surface area contributed by atoms with Gasteiger partial charge in [0.05, 0.1) is 26.3 Å². The Labute approximate surface area is 154 Å². The molecule has 0 radical (unpaired) electrons. The number of carbonyl (C=O) groups is 2. The molecule has 2 aliphatic rings. The van der Waals surface area contributed by atoms with Gasteiger partial charge in [-0.2, -0.15) is 0 Å². The van der Waals surface area contributed by atoms with Crippen molar-refractivity contribution in [3.05, 3.63) is 29.8 Å². The van der Waals surface area contributed by atoms with Crippen molar-refractivity contribution < 1.29 is 14.3 Å². The van der Waals surface area contributed by atoms with E-state index in [9.17, 15) is 9.59 Å². The Morgan fingerprint density at radius 2 is 1.58 bits per heavy atom. The zero-order valence-corrected chi connectivity index (χ0v) is 15.4. The van der Waals surface area contributed by atoms with E-state index in [1.54, 1.807) is 0 Å². The Kier molecular flexibility index (Phi) is 6.60. The molecule has 0 aliphatic carbocycles. The number of anilines is 1. The normalized spacial score (nSPS) is 19.3. The molecule has 2 aliphatic heterocycles. The van der Waals surface area contributed by atoms with E-state index in [0.717, 1.165) is 37.4 Å². The van der Waals surface area contributed by atoms with Crippen molar-refractivity contribution in [1.82, 2.24) is 14.7 Å². The fraction of sp³-hybridized carbons (Fsp3) is 0.579. The molecule has 0 saturated carbocycles. The number of carbonyl (C=O) groups excluding carboxylic acids is 2. The molecule has 0 spiro atoms. The van der Waals surface area contributed by atoms with E-state index < -0.39 is 0 Å². The van der Waals surface area contributed by atoms with Gasteiger partial charge in [-0.3, -0.25) is 19.4 Å². The smallest absolute Gasteiger partial charge is 0.238 e. The van der Waals surface area contributed by atoms with Crippen LogP contribution < -0.4 is 5.32 Å². The first-order valence-corrected chi connectivity index (χ1v) is 9.27. The van der Waals surface area contributed by atoms with Gasteiger partial charge >= 0.3 is 0 Å². The zero-order chi connectivity index (χ0) is 18.4. The zero-order valence-electron chi connectivity index (χ0n) is 15.4. The molecule has 1 aromatic carbocycles. The number of aryl methyl sites for hydroxylation is 1. The van der Waals surface area contributed by atoms with E-state index >= 15 is 0 Å². The average molecular weight is 360 g/mol. The van der Waals surface area contributed by atoms with E-state index in [4.69, 9.17) is 4.74 Å². The maximum atomic E-state index is 12.3. The number of ether oxygens (including phenoxy) is 1. The third-order valence-corrected chi connectivity index (χ3v) is 4.97. The van der Waals surface area contributed by atoms with Crippen LogP contribution in [0.1, 0.15) is 5.56 Å². The topological polar surface area (TPSA) is 65.1 Å². The second-order valence-electron chi connectivity index (χ2n) is 6.91. The summed E-state index contributed by atoms with van der Waals surface area (Å²) >= 11 is 0. The van der Waals surface area contributed by atoms with Gasteiger partial charge in [-0.1, -0.05) is 18.2 Å². The van der Waals surface area contributed by atoms with Gasteiger partial charge < -0.3 is 15.0 Å². The lowest BCUT2D eigenvalue weighted by Crippen LogP contribution is -2.52. The quantitative estimate of drug-likeness (QED) is 0.824. The Hall–Kier alpha value is -1.96. The molecule has 142 valence electrons. The molecule has 1 N–H and O–H groups in total. The molecule has 26 heavy (non-hydrogen) atoms. The Morgan fingerprint density at radius 1 is 0.962 bits per heavy atom. The Balaban J connectivity index is 1.38. The van der Waals surface area contributed by atoms with Gasteiger partial charge in [-0.15, -0.1) is 0 Å². The minimum absolute atomic E-state index is 0.0112. The molecule has 1 aromatic rings. The number of para-hydroxylation sites is 1. The number of hydrogen-bond donors (Lipinski definition) is 1. The highest BCUT2D eigenvalue weighted by molar-refractivity contribution is 5.92. The Bertz CT molecular complexity index is 623. The lowest BCUT2D eigenvalue weighted by Gasteiger charge is -2.35. The lowest BCUT2D eigenvalue weighted by molar-refractivity contribution is -0.137. The van der Waals surface area contributed by atoms with Crippen LogP contribution in [0.15, 0.2) is 24.3 Å². The van der Waals surface area contributed by atoms with Crippen molar-refractivity contribution in [1.29, 1.82) is 0 Å². The number of piperazine rings is 1. The minimum Gasteiger partial charge on any atom is -0.378 e. The monoisotopic (exact) mass is 360 g/mol. The number of nitrogens with zero attached hydrogens (tertiary/aromatic N) is 3. The number of nitrogens with one attached hydrogen (secondary N) is 1. The van der Waals surface area contributed by atoms with Crippen molar-refractivity contribution in [3.8, 4) is 0 Å². The van der Waals surface area contributed by atoms with Gasteiger partial charge in [0.25, 0.3) is 0 Å². The van der Waals surface area contributed by atoms with Gasteiger partial charge in [0.2, 0.25) is 11.8 Å². The van der Waals surface area contributed by atoms with Gasteiger partial charge in [-0.05, 0) is 18.6 Å². The predicted octanol–water partition coefficient (Wildman–Crippen LogP) is 0.410. The van der Waals surface area contributed by atoms with Crippen LogP contribution >= 0.6 is 0 Å². The first kappa shape index (κ1) is 18.8. The summed E-state index contributed by atoms with van der Waals surface area (Å²) in [5.41, 5.74) is 1.93. The van der Waals surface area contributed by atoms with E-state index in [2.05, 4.69) is 15.1 Å². The van der Waals surface area contributed by atoms with E-state index in [1.807, 2.05) is 36.1 Å². The number of hydrogen-bond acceptors (Lipinski definition) is 5. The summed E-state index contributed by atoms with van der Waals surface area (Å²) in [7, 11) is 0. The van der Waals surface area contributed by atoms with Crippen LogP contribution in [-0.2, 0) is 14.3 Å². The summed E-state index contributed by atoms with van der Waals surface area (Å²) in [6.45, 7) is 8.72. The molecule has 7 heteroatoms. The van der Waals surface area contributed by atoms with Crippen molar-refractivity contribution in [2.45, 2.75) is 6.92 Å². The highest BCUT2D eigenvalue weighted by Crippen LogP contribution is 2.13. The summed E-state index contributed by atoms with van der Waals surface area (Å²) < 4.78 is 5.29. The van der Waals surface area contributed by atoms with E-state index in [1.165, 1.54) is 0 Å². The van der Waals surface area contributed by atoms with Crippen LogP contribution in [0.5, 0.6) is 0 Å². The third kappa shape index (κ3) is 5.27. The molecule has 0 bridgehead atoms. The van der Waals surface area contributed by atoms with Gasteiger partial charge in [0.15, 0.2) is 0 Å². The van der Waals surface area contributed by atoms with Crippen molar-refractivity contribution >= 4 is 17.5 Å². The van der Waals surface area contributed by atoms with Crippen LogP contribution in [0.2, 0.25) is 0 Å². The Morgan fingerprint density at radius 3 is 2.23 bits per heavy atom. The van der Waals surface area contributed by atoms with Crippen molar-refractivity contribution in [2.75, 3.05) is 70.9 Å². The molecule has 2 heterocycles. The number of rotatable bonds is 5. The summed E-state index contributed by atoms with van der Waals surface area (Å²) in [5, 5.41) is 2.98. The molecule has 2 saturated heterocycles. The van der Waals surface area contributed by atoms with Crippen LogP contribution in [0.4, 0.5) is 5.69 Å². The molecule has 2 fully saturated rings. The van der Waals surface area contributed by atoms with Crippen LogP contribution in [0, 0.1) is 6.92 Å². The molecular weight excluding hydrogens is 332 g/mol. The number of morpholine rings is 1. The SMILES string of the molecule is Cc1ccccc1NC(=O)CN1CCN(CC(=O)N2CCOCC2)CC1. The van der Waals surface area contributed by atoms with Crippen molar-refractivity contribution in [3.63, 3.8) is 0 Å². The number of amides is 2. The molecule has 0 aromatic heterocycles. The molecular formula is C19H28N4O3. The maximum absolute atomic E-state index is 12.3. The fourth-order valence-electron chi connectivity index (χ4n) is 3.32. The van der Waals surface area contributed by atoms with Crippen LogP contribution in [-0.4, -0.2) is 92.1 Å². The molecule has 0 unspecified atom stereocenters. The standard InChI is InChI=1S/C19H28N4O3/c1-16-4-2-3-5-17(16)20-18(24)14-21-6-8-22(9-7-21)15-19(25)23-10-12-26-13-11-23/h2-5H,6-15H2,1H3,(H,20,24). The minimum atomic E-state index is 0.0112. The first-order chi connectivity index (χ1) is 12.6. The van der Waals surface area contributed by atoms with Gasteiger partial charge in [0, 0.05) is 45.0 Å². The van der Waals surface area contributed by atoms with Gasteiger partial charge in [0.1, 0.15) is 0 Å². The lowest BCUT2D eigenvalue weighted by atomic mass is 10.2. The van der Waals surface area contributed by atoms with E-state index in [-0.39, 0.29) is 11.8 Å². The van der Waals surface area contributed by atoms with Gasteiger partial charge in [-0.25, -0.2) is 0 Å². The van der Waals surface area contributed by atoms with Crippen LogP contribution in [0.25, 0.3) is 0 Å². The number of benzene rings is 1. The predicted molar refractivity (Wildman–Crippen MR) is 100 cm³/mol. The third-order valence-electron chi connectivity index (χ3n) is 4.97.